The second-order valence-corrected chi connectivity index (χ2v) is 7.07. The summed E-state index contributed by atoms with van der Waals surface area (Å²) in [5, 5.41) is 10.7. The molecule has 0 bridgehead atoms. The smallest absolute Gasteiger partial charge is 0.412 e. The lowest BCUT2D eigenvalue weighted by atomic mass is 10.1. The summed E-state index contributed by atoms with van der Waals surface area (Å²) in [6.45, 7) is 5.11. The lowest BCUT2D eigenvalue weighted by Gasteiger charge is -2.32. The van der Waals surface area contributed by atoms with Crippen LogP contribution in [0.4, 0.5) is 9.18 Å². The van der Waals surface area contributed by atoms with Crippen LogP contribution in [-0.4, -0.2) is 34.4 Å². The molecule has 0 N–H and O–H groups in total. The van der Waals surface area contributed by atoms with Crippen molar-refractivity contribution >= 4 is 23.8 Å². The third-order valence-electron chi connectivity index (χ3n) is 3.03. The highest BCUT2D eigenvalue weighted by molar-refractivity contribution is 7.99. The molecule has 1 amide bonds. The molecule has 1 heterocycles. The number of rotatable bonds is 2. The van der Waals surface area contributed by atoms with E-state index < -0.39 is 34.9 Å². The van der Waals surface area contributed by atoms with Gasteiger partial charge in [0.05, 0.1) is 12.0 Å². The van der Waals surface area contributed by atoms with E-state index in [-0.39, 0.29) is 5.75 Å². The molecule has 0 aromatic heterocycles. The number of aliphatic carboxylic acids is 1. The van der Waals surface area contributed by atoms with Crippen LogP contribution in [-0.2, 0) is 9.53 Å². The normalized spacial score (nSPS) is 21.7. The Hall–Kier alpha value is -1.76. The average molecular weight is 326 g/mol. The fourth-order valence-corrected chi connectivity index (χ4v) is 3.51. The lowest BCUT2D eigenvalue weighted by Crippen LogP contribution is -2.50. The summed E-state index contributed by atoms with van der Waals surface area (Å²) in [6, 6.07) is 4.53. The topological polar surface area (TPSA) is 69.7 Å². The molecule has 1 aliphatic heterocycles. The molecule has 0 radical (unpaired) electrons. The maximum absolute atomic E-state index is 13.0. The van der Waals surface area contributed by atoms with Gasteiger partial charge in [-0.1, -0.05) is 12.1 Å². The van der Waals surface area contributed by atoms with Gasteiger partial charge in [0.1, 0.15) is 16.8 Å². The van der Waals surface area contributed by atoms with Crippen molar-refractivity contribution in [2.24, 2.45) is 0 Å². The van der Waals surface area contributed by atoms with Crippen LogP contribution in [0, 0.1) is 5.82 Å². The zero-order valence-corrected chi connectivity index (χ0v) is 13.4. The number of carboxylic acid groups (broad SMARTS) is 1. The minimum Gasteiger partial charge on any atom is -0.548 e. The molecule has 1 aromatic rings. The van der Waals surface area contributed by atoms with Gasteiger partial charge in [-0.15, -0.1) is 11.8 Å². The van der Waals surface area contributed by atoms with Crippen molar-refractivity contribution in [3.63, 3.8) is 0 Å². The summed E-state index contributed by atoms with van der Waals surface area (Å²) in [7, 11) is 0. The molecule has 7 heteroatoms. The molecular weight excluding hydrogens is 309 g/mol. The minimum atomic E-state index is -1.33. The van der Waals surface area contributed by atoms with Crippen LogP contribution in [0.2, 0.25) is 0 Å². The van der Waals surface area contributed by atoms with Gasteiger partial charge in [0.15, 0.2) is 0 Å². The highest BCUT2D eigenvalue weighted by Gasteiger charge is 2.41. The van der Waals surface area contributed by atoms with Crippen LogP contribution in [0.25, 0.3) is 0 Å². The number of hydrogen-bond donors (Lipinski definition) is 0. The molecule has 1 aromatic carbocycles. The highest BCUT2D eigenvalue weighted by Crippen LogP contribution is 2.42. The largest absolute Gasteiger partial charge is 0.548 e. The number of ether oxygens (including phenoxy) is 1. The second-order valence-electron chi connectivity index (χ2n) is 5.96. The molecule has 0 aliphatic carbocycles. The number of hydrogen-bond acceptors (Lipinski definition) is 5. The first-order valence-corrected chi connectivity index (χ1v) is 7.83. The number of carbonyl (C=O) groups is 2. The SMILES string of the molecule is CC(C)(C)OC(=O)N1[C@H](C(=O)[O-])CS[C@H]1c1ccc(F)cc1. The molecule has 0 unspecified atom stereocenters. The lowest BCUT2D eigenvalue weighted by molar-refractivity contribution is -0.310. The van der Waals surface area contributed by atoms with E-state index >= 15 is 0 Å². The van der Waals surface area contributed by atoms with E-state index in [4.69, 9.17) is 4.74 Å². The Morgan fingerprint density at radius 1 is 1.32 bits per heavy atom. The number of carbonyl (C=O) groups excluding carboxylic acids is 2. The van der Waals surface area contributed by atoms with Crippen LogP contribution < -0.4 is 5.11 Å². The maximum Gasteiger partial charge on any atom is 0.412 e. The van der Waals surface area contributed by atoms with E-state index in [1.807, 2.05) is 0 Å². The molecule has 120 valence electrons. The molecule has 22 heavy (non-hydrogen) atoms. The molecule has 0 spiro atoms. The monoisotopic (exact) mass is 326 g/mol. The molecule has 2 atom stereocenters. The van der Waals surface area contributed by atoms with Gasteiger partial charge in [-0.05, 0) is 38.5 Å². The minimum absolute atomic E-state index is 0.198. The summed E-state index contributed by atoms with van der Waals surface area (Å²) < 4.78 is 18.3. The average Bonchev–Trinajstić information content (AvgIpc) is 2.82. The van der Waals surface area contributed by atoms with E-state index in [0.717, 1.165) is 4.90 Å². The molecular formula is C15H17FNO4S-. The zero-order valence-electron chi connectivity index (χ0n) is 12.5. The van der Waals surface area contributed by atoms with Gasteiger partial charge < -0.3 is 14.6 Å². The quantitative estimate of drug-likeness (QED) is 0.830. The first-order valence-electron chi connectivity index (χ1n) is 6.78. The Bertz CT molecular complexity index is 570. The summed E-state index contributed by atoms with van der Waals surface area (Å²) in [4.78, 5) is 24.8. The molecule has 1 aliphatic rings. The number of thioether (sulfide) groups is 1. The predicted molar refractivity (Wildman–Crippen MR) is 78.5 cm³/mol. The van der Waals surface area contributed by atoms with E-state index in [0.29, 0.717) is 5.56 Å². The Labute approximate surface area is 132 Å². The number of benzene rings is 1. The first kappa shape index (κ1) is 16.6. The van der Waals surface area contributed by atoms with Crippen molar-refractivity contribution in [2.75, 3.05) is 5.75 Å². The van der Waals surface area contributed by atoms with Gasteiger partial charge in [0.2, 0.25) is 0 Å². The van der Waals surface area contributed by atoms with Crippen LogP contribution in [0.5, 0.6) is 0 Å². The summed E-state index contributed by atoms with van der Waals surface area (Å²) >= 11 is 1.28. The van der Waals surface area contributed by atoms with Crippen molar-refractivity contribution in [3.8, 4) is 0 Å². The van der Waals surface area contributed by atoms with Gasteiger partial charge in [-0.2, -0.15) is 0 Å². The van der Waals surface area contributed by atoms with Crippen molar-refractivity contribution in [1.29, 1.82) is 0 Å². The molecule has 2 rings (SSSR count). The molecule has 1 fully saturated rings. The highest BCUT2D eigenvalue weighted by atomic mass is 32.2. The number of nitrogens with zero attached hydrogens (tertiary/aromatic N) is 1. The van der Waals surface area contributed by atoms with E-state index in [1.165, 1.54) is 36.0 Å². The zero-order chi connectivity index (χ0) is 16.5. The predicted octanol–water partition coefficient (Wildman–Crippen LogP) is 1.93. The first-order chi connectivity index (χ1) is 10.2. The van der Waals surface area contributed by atoms with Crippen molar-refractivity contribution < 1.29 is 23.8 Å². The van der Waals surface area contributed by atoms with Crippen LogP contribution >= 0.6 is 11.8 Å². The standard InChI is InChI=1S/C15H18FNO4S/c1-15(2,3)21-14(20)17-11(13(18)19)8-22-12(17)9-4-6-10(16)7-5-9/h4-7,11-12H,8H2,1-3H3,(H,18,19)/p-1/t11-,12-/m0/s1. The van der Waals surface area contributed by atoms with Crippen LogP contribution in [0.15, 0.2) is 24.3 Å². The number of amides is 1. The Balaban J connectivity index is 2.30. The summed E-state index contributed by atoms with van der Waals surface area (Å²) in [6.07, 6.45) is -0.721. The van der Waals surface area contributed by atoms with Gasteiger partial charge in [-0.25, -0.2) is 9.18 Å². The van der Waals surface area contributed by atoms with E-state index in [9.17, 15) is 19.1 Å². The van der Waals surface area contributed by atoms with E-state index in [1.54, 1.807) is 20.8 Å². The number of carboxylic acids is 1. The molecule has 5 nitrogen and oxygen atoms in total. The Morgan fingerprint density at radius 3 is 2.41 bits per heavy atom. The van der Waals surface area contributed by atoms with Crippen LogP contribution in [0.3, 0.4) is 0 Å². The van der Waals surface area contributed by atoms with Crippen molar-refractivity contribution in [2.45, 2.75) is 37.8 Å². The number of halogens is 1. The van der Waals surface area contributed by atoms with Crippen LogP contribution in [0.1, 0.15) is 31.7 Å². The van der Waals surface area contributed by atoms with Crippen molar-refractivity contribution in [3.05, 3.63) is 35.6 Å². The van der Waals surface area contributed by atoms with Crippen molar-refractivity contribution in [1.82, 2.24) is 4.90 Å². The Kier molecular flexibility index (Phi) is 4.65. The third kappa shape index (κ3) is 3.71. The fourth-order valence-electron chi connectivity index (χ4n) is 2.11. The maximum atomic E-state index is 13.0. The summed E-state index contributed by atoms with van der Waals surface area (Å²) in [5.41, 5.74) is -0.102. The molecule has 1 saturated heterocycles. The van der Waals surface area contributed by atoms with Gasteiger partial charge >= 0.3 is 6.09 Å². The van der Waals surface area contributed by atoms with Gasteiger partial charge in [0.25, 0.3) is 0 Å². The fraction of sp³-hybridized carbons (Fsp3) is 0.467. The van der Waals surface area contributed by atoms with Gasteiger partial charge in [-0.3, -0.25) is 4.90 Å². The van der Waals surface area contributed by atoms with Gasteiger partial charge in [0, 0.05) is 5.75 Å². The Morgan fingerprint density at radius 2 is 1.91 bits per heavy atom. The third-order valence-corrected chi connectivity index (χ3v) is 4.36. The summed E-state index contributed by atoms with van der Waals surface area (Å²) in [5.74, 6) is -1.53. The van der Waals surface area contributed by atoms with E-state index in [2.05, 4.69) is 0 Å². The second kappa shape index (κ2) is 6.16. The molecule has 0 saturated carbocycles.